The lowest BCUT2D eigenvalue weighted by Gasteiger charge is -2.21. The smallest absolute Gasteiger partial charge is 0.128 e. The Labute approximate surface area is 114 Å². The van der Waals surface area contributed by atoms with Crippen molar-refractivity contribution in [2.75, 3.05) is 12.3 Å². The molecular formula is C16H21N3. The maximum atomic E-state index is 6.11. The first kappa shape index (κ1) is 12.4. The van der Waals surface area contributed by atoms with Crippen LogP contribution in [-0.4, -0.2) is 22.5 Å². The number of benzene rings is 1. The molecule has 1 aromatic heterocycles. The number of nitrogens with zero attached hydrogens (tertiary/aromatic N) is 2. The molecule has 3 heteroatoms. The molecule has 2 atom stereocenters. The number of hydrogen-bond donors (Lipinski definition) is 1. The molecule has 0 radical (unpaired) electrons. The highest BCUT2D eigenvalue weighted by atomic mass is 15.2. The van der Waals surface area contributed by atoms with Crippen molar-refractivity contribution < 1.29 is 0 Å². The molecule has 1 fully saturated rings. The standard InChI is InChI=1S/C16H21N3/c1-11-7-12(2)19(9-11)10-14-8-13-5-3-4-6-15(13)18-16(14)17/h3-6,8,11-12H,7,9-10H2,1-2H3,(H2,17,18). The zero-order valence-electron chi connectivity index (χ0n) is 11.6. The van der Waals surface area contributed by atoms with Crippen LogP contribution in [0.5, 0.6) is 0 Å². The molecule has 2 N–H and O–H groups in total. The number of rotatable bonds is 2. The number of pyridine rings is 1. The van der Waals surface area contributed by atoms with E-state index in [0.717, 1.165) is 30.1 Å². The van der Waals surface area contributed by atoms with Crippen LogP contribution in [0.3, 0.4) is 0 Å². The summed E-state index contributed by atoms with van der Waals surface area (Å²) in [5.74, 6) is 1.45. The third-order valence-corrected chi connectivity index (χ3v) is 4.12. The number of likely N-dealkylation sites (tertiary alicyclic amines) is 1. The van der Waals surface area contributed by atoms with Crippen LogP contribution in [0, 0.1) is 5.92 Å². The van der Waals surface area contributed by atoms with Gasteiger partial charge in [0.25, 0.3) is 0 Å². The molecule has 2 heterocycles. The highest BCUT2D eigenvalue weighted by Gasteiger charge is 2.26. The first-order valence-corrected chi connectivity index (χ1v) is 7.01. The largest absolute Gasteiger partial charge is 0.383 e. The molecule has 0 amide bonds. The van der Waals surface area contributed by atoms with Gasteiger partial charge in [0, 0.05) is 30.1 Å². The molecule has 3 rings (SSSR count). The number of anilines is 1. The minimum atomic E-state index is 0.640. The van der Waals surface area contributed by atoms with Crippen LogP contribution in [0.1, 0.15) is 25.8 Å². The summed E-state index contributed by atoms with van der Waals surface area (Å²) in [5, 5.41) is 1.17. The van der Waals surface area contributed by atoms with Crippen LogP contribution in [-0.2, 0) is 6.54 Å². The number of aromatic nitrogens is 1. The molecule has 19 heavy (non-hydrogen) atoms. The van der Waals surface area contributed by atoms with E-state index in [2.05, 4.69) is 35.9 Å². The molecule has 1 aromatic carbocycles. The Kier molecular flexibility index (Phi) is 3.15. The lowest BCUT2D eigenvalue weighted by molar-refractivity contribution is 0.257. The van der Waals surface area contributed by atoms with Gasteiger partial charge in [-0.3, -0.25) is 4.90 Å². The van der Waals surface area contributed by atoms with Gasteiger partial charge in [-0.2, -0.15) is 0 Å². The van der Waals surface area contributed by atoms with Crippen molar-refractivity contribution in [3.63, 3.8) is 0 Å². The molecule has 2 aromatic rings. The first-order valence-electron chi connectivity index (χ1n) is 7.01. The quantitative estimate of drug-likeness (QED) is 0.896. The summed E-state index contributed by atoms with van der Waals surface area (Å²) in [6.45, 7) is 6.69. The summed E-state index contributed by atoms with van der Waals surface area (Å²) < 4.78 is 0. The average molecular weight is 255 g/mol. The number of nitrogens with two attached hydrogens (primary N) is 1. The Morgan fingerprint density at radius 2 is 2.11 bits per heavy atom. The molecule has 1 aliphatic rings. The Balaban J connectivity index is 1.90. The summed E-state index contributed by atoms with van der Waals surface area (Å²) in [6.07, 6.45) is 1.28. The fourth-order valence-electron chi connectivity index (χ4n) is 3.13. The molecule has 0 bridgehead atoms. The van der Waals surface area contributed by atoms with Crippen molar-refractivity contribution in [1.82, 2.24) is 9.88 Å². The summed E-state index contributed by atoms with van der Waals surface area (Å²) >= 11 is 0. The van der Waals surface area contributed by atoms with Crippen molar-refractivity contribution in [1.29, 1.82) is 0 Å². The summed E-state index contributed by atoms with van der Waals surface area (Å²) in [4.78, 5) is 7.02. The molecule has 100 valence electrons. The topological polar surface area (TPSA) is 42.2 Å². The molecule has 3 nitrogen and oxygen atoms in total. The predicted molar refractivity (Wildman–Crippen MR) is 79.8 cm³/mol. The normalized spacial score (nSPS) is 24.1. The number of para-hydroxylation sites is 1. The Morgan fingerprint density at radius 1 is 1.32 bits per heavy atom. The van der Waals surface area contributed by atoms with E-state index in [9.17, 15) is 0 Å². The Hall–Kier alpha value is -1.61. The van der Waals surface area contributed by atoms with Crippen molar-refractivity contribution in [3.05, 3.63) is 35.9 Å². The Bertz CT molecular complexity index is 594. The highest BCUT2D eigenvalue weighted by Crippen LogP contribution is 2.26. The van der Waals surface area contributed by atoms with E-state index in [1.54, 1.807) is 0 Å². The van der Waals surface area contributed by atoms with Crippen LogP contribution in [0.25, 0.3) is 10.9 Å². The minimum absolute atomic E-state index is 0.640. The van der Waals surface area contributed by atoms with Crippen LogP contribution >= 0.6 is 0 Å². The second-order valence-corrected chi connectivity index (χ2v) is 5.84. The van der Waals surface area contributed by atoms with Crippen LogP contribution in [0.2, 0.25) is 0 Å². The minimum Gasteiger partial charge on any atom is -0.383 e. The van der Waals surface area contributed by atoms with Gasteiger partial charge in [0.15, 0.2) is 0 Å². The van der Waals surface area contributed by atoms with Gasteiger partial charge in [-0.05, 0) is 31.4 Å². The monoisotopic (exact) mass is 255 g/mol. The number of nitrogen functional groups attached to an aromatic ring is 1. The zero-order valence-corrected chi connectivity index (χ0v) is 11.6. The van der Waals surface area contributed by atoms with Crippen molar-refractivity contribution in [2.45, 2.75) is 32.9 Å². The van der Waals surface area contributed by atoms with Crippen LogP contribution < -0.4 is 5.73 Å². The van der Waals surface area contributed by atoms with Crippen molar-refractivity contribution in [3.8, 4) is 0 Å². The summed E-state index contributed by atoms with van der Waals surface area (Å²) in [7, 11) is 0. The number of hydrogen-bond acceptors (Lipinski definition) is 3. The van der Waals surface area contributed by atoms with E-state index in [1.807, 2.05) is 18.2 Å². The van der Waals surface area contributed by atoms with Gasteiger partial charge in [-0.25, -0.2) is 4.98 Å². The zero-order chi connectivity index (χ0) is 13.4. The Morgan fingerprint density at radius 3 is 2.84 bits per heavy atom. The molecular weight excluding hydrogens is 234 g/mol. The van der Waals surface area contributed by atoms with E-state index < -0.39 is 0 Å². The van der Waals surface area contributed by atoms with E-state index in [0.29, 0.717) is 11.9 Å². The van der Waals surface area contributed by atoms with Crippen LogP contribution in [0.4, 0.5) is 5.82 Å². The van der Waals surface area contributed by atoms with Gasteiger partial charge in [-0.1, -0.05) is 25.1 Å². The van der Waals surface area contributed by atoms with E-state index >= 15 is 0 Å². The van der Waals surface area contributed by atoms with Gasteiger partial charge in [0.1, 0.15) is 5.82 Å². The maximum absolute atomic E-state index is 6.11. The first-order chi connectivity index (χ1) is 9.13. The predicted octanol–water partition coefficient (Wildman–Crippen LogP) is 3.05. The van der Waals surface area contributed by atoms with Gasteiger partial charge in [0.2, 0.25) is 0 Å². The molecule has 1 aliphatic heterocycles. The summed E-state index contributed by atoms with van der Waals surface area (Å²) in [6, 6.07) is 11.0. The lowest BCUT2D eigenvalue weighted by atomic mass is 10.1. The van der Waals surface area contributed by atoms with E-state index in [4.69, 9.17) is 5.73 Å². The molecule has 0 spiro atoms. The second kappa shape index (κ2) is 4.82. The third-order valence-electron chi connectivity index (χ3n) is 4.12. The second-order valence-electron chi connectivity index (χ2n) is 5.84. The van der Waals surface area contributed by atoms with Gasteiger partial charge < -0.3 is 5.73 Å². The third kappa shape index (κ3) is 2.43. The highest BCUT2D eigenvalue weighted by molar-refractivity contribution is 5.81. The fourth-order valence-corrected chi connectivity index (χ4v) is 3.13. The fraction of sp³-hybridized carbons (Fsp3) is 0.438. The molecule has 0 aliphatic carbocycles. The van der Waals surface area contributed by atoms with Crippen molar-refractivity contribution >= 4 is 16.7 Å². The SMILES string of the molecule is CC1CC(C)N(Cc2cc3ccccc3nc2N)C1. The van der Waals surface area contributed by atoms with Crippen molar-refractivity contribution in [2.24, 2.45) is 5.92 Å². The van der Waals surface area contributed by atoms with E-state index in [1.165, 1.54) is 11.8 Å². The molecule has 1 saturated heterocycles. The lowest BCUT2D eigenvalue weighted by Crippen LogP contribution is -2.27. The van der Waals surface area contributed by atoms with Crippen LogP contribution in [0.15, 0.2) is 30.3 Å². The number of fused-ring (bicyclic) bond motifs is 1. The molecule has 2 unspecified atom stereocenters. The molecule has 0 saturated carbocycles. The maximum Gasteiger partial charge on any atom is 0.128 e. The summed E-state index contributed by atoms with van der Waals surface area (Å²) in [5.41, 5.74) is 8.24. The van der Waals surface area contributed by atoms with Gasteiger partial charge in [-0.15, -0.1) is 0 Å². The average Bonchev–Trinajstić information content (AvgIpc) is 2.69. The van der Waals surface area contributed by atoms with Gasteiger partial charge in [0.05, 0.1) is 5.52 Å². The van der Waals surface area contributed by atoms with Gasteiger partial charge >= 0.3 is 0 Å². The van der Waals surface area contributed by atoms with E-state index in [-0.39, 0.29) is 0 Å².